The molecule has 1 heterocycles. The lowest BCUT2D eigenvalue weighted by Gasteiger charge is -2.04. The van der Waals surface area contributed by atoms with Gasteiger partial charge in [0.15, 0.2) is 0 Å². The highest BCUT2D eigenvalue weighted by Gasteiger charge is 2.12. The third-order valence-electron chi connectivity index (χ3n) is 4.96. The molecule has 0 atom stereocenters. The van der Waals surface area contributed by atoms with Crippen molar-refractivity contribution >= 4 is 18.0 Å². The maximum absolute atomic E-state index is 13.0. The van der Waals surface area contributed by atoms with Gasteiger partial charge in [-0.05, 0) is 49.4 Å². The number of para-hydroxylation sites is 1. The number of hydrogen-bond donors (Lipinski definition) is 2. The van der Waals surface area contributed by atoms with Gasteiger partial charge in [-0.15, -0.1) is 0 Å². The van der Waals surface area contributed by atoms with Gasteiger partial charge in [-0.3, -0.25) is 9.59 Å². The molecular weight excluding hydrogens is 433 g/mol. The van der Waals surface area contributed by atoms with Crippen molar-refractivity contribution in [1.82, 2.24) is 20.5 Å². The Balaban J connectivity index is 1.46. The Hall–Kier alpha value is -4.59. The summed E-state index contributed by atoms with van der Waals surface area (Å²) in [4.78, 5) is 24.2. The van der Waals surface area contributed by atoms with Crippen molar-refractivity contribution in [2.75, 3.05) is 6.54 Å². The maximum atomic E-state index is 13.0. The Morgan fingerprint density at radius 1 is 1.03 bits per heavy atom. The second kappa shape index (κ2) is 10.4. The van der Waals surface area contributed by atoms with E-state index in [0.717, 1.165) is 22.5 Å². The number of hydrazone groups is 1. The molecule has 0 aliphatic heterocycles. The van der Waals surface area contributed by atoms with Crippen LogP contribution in [0.3, 0.4) is 0 Å². The minimum absolute atomic E-state index is 0.258. The fourth-order valence-electron chi connectivity index (χ4n) is 3.29. The normalized spacial score (nSPS) is 10.9. The molecule has 34 heavy (non-hydrogen) atoms. The summed E-state index contributed by atoms with van der Waals surface area (Å²) in [5, 5.41) is 11.2. The molecule has 170 valence electrons. The molecule has 7 nitrogen and oxygen atoms in total. The predicted molar refractivity (Wildman–Crippen MR) is 128 cm³/mol. The molecule has 1 aromatic heterocycles. The first-order chi connectivity index (χ1) is 16.5. The summed E-state index contributed by atoms with van der Waals surface area (Å²) in [5.74, 6) is -1.42. The number of nitrogens with zero attached hydrogens (tertiary/aromatic N) is 3. The van der Waals surface area contributed by atoms with Crippen molar-refractivity contribution in [3.8, 4) is 16.9 Å². The summed E-state index contributed by atoms with van der Waals surface area (Å²) in [5.41, 5.74) is 7.01. The average molecular weight is 455 g/mol. The van der Waals surface area contributed by atoms with Crippen LogP contribution in [0.25, 0.3) is 16.9 Å². The molecule has 0 unspecified atom stereocenters. The monoisotopic (exact) mass is 455 g/mol. The molecule has 2 amide bonds. The van der Waals surface area contributed by atoms with E-state index in [4.69, 9.17) is 5.10 Å². The Morgan fingerprint density at radius 3 is 2.53 bits per heavy atom. The van der Waals surface area contributed by atoms with E-state index in [1.807, 2.05) is 67.7 Å². The third-order valence-corrected chi connectivity index (χ3v) is 4.96. The fraction of sp³-hybridized carbons (Fsp3) is 0.0769. The smallest absolute Gasteiger partial charge is 0.259 e. The van der Waals surface area contributed by atoms with Gasteiger partial charge in [0.2, 0.25) is 0 Å². The highest BCUT2D eigenvalue weighted by atomic mass is 19.1. The number of nitrogens with one attached hydrogen (secondary N) is 2. The standard InChI is InChI=1S/C26H22FN5O2/c1-18-6-5-7-20(14-18)25-21(17-32(31-25)23-8-3-2-4-9-23)15-29-30-24(33)16-28-26(34)19-10-12-22(27)13-11-19/h2-15,17H,16H2,1H3,(H,28,34)(H,30,33). The van der Waals surface area contributed by atoms with E-state index >= 15 is 0 Å². The van der Waals surface area contributed by atoms with Crippen LogP contribution >= 0.6 is 0 Å². The molecule has 0 aliphatic carbocycles. The highest BCUT2D eigenvalue weighted by Crippen LogP contribution is 2.23. The van der Waals surface area contributed by atoms with Crippen LogP contribution in [0.4, 0.5) is 4.39 Å². The SMILES string of the molecule is Cc1cccc(-c2nn(-c3ccccc3)cc2C=NNC(=O)CNC(=O)c2ccc(F)cc2)c1. The van der Waals surface area contributed by atoms with Crippen molar-refractivity contribution in [2.24, 2.45) is 5.10 Å². The van der Waals surface area contributed by atoms with E-state index in [-0.39, 0.29) is 12.1 Å². The quantitative estimate of drug-likeness (QED) is 0.328. The topological polar surface area (TPSA) is 88.4 Å². The largest absolute Gasteiger partial charge is 0.343 e. The zero-order valence-corrected chi connectivity index (χ0v) is 18.4. The zero-order chi connectivity index (χ0) is 23.9. The highest BCUT2D eigenvalue weighted by molar-refractivity contribution is 5.96. The first-order valence-electron chi connectivity index (χ1n) is 10.6. The van der Waals surface area contributed by atoms with Crippen LogP contribution in [0.2, 0.25) is 0 Å². The number of carbonyl (C=O) groups is 2. The second-order valence-corrected chi connectivity index (χ2v) is 7.57. The molecule has 0 saturated carbocycles. The predicted octanol–water partition coefficient (Wildman–Crippen LogP) is 3.87. The van der Waals surface area contributed by atoms with E-state index in [1.54, 1.807) is 4.68 Å². The summed E-state index contributed by atoms with van der Waals surface area (Å²) in [6, 6.07) is 22.7. The van der Waals surface area contributed by atoms with Crippen LogP contribution in [0.5, 0.6) is 0 Å². The molecule has 2 N–H and O–H groups in total. The van der Waals surface area contributed by atoms with Crippen molar-refractivity contribution in [1.29, 1.82) is 0 Å². The summed E-state index contributed by atoms with van der Waals surface area (Å²) >= 11 is 0. The van der Waals surface area contributed by atoms with E-state index in [1.165, 1.54) is 30.5 Å². The second-order valence-electron chi connectivity index (χ2n) is 7.57. The van der Waals surface area contributed by atoms with Gasteiger partial charge in [0, 0.05) is 22.9 Å². The van der Waals surface area contributed by atoms with Gasteiger partial charge in [-0.25, -0.2) is 14.5 Å². The van der Waals surface area contributed by atoms with Gasteiger partial charge in [-0.2, -0.15) is 10.2 Å². The van der Waals surface area contributed by atoms with E-state index in [0.29, 0.717) is 5.56 Å². The molecule has 0 spiro atoms. The summed E-state index contributed by atoms with van der Waals surface area (Å²) in [6.45, 7) is 1.73. The molecule has 0 fully saturated rings. The van der Waals surface area contributed by atoms with Crippen LogP contribution in [0.15, 0.2) is 90.2 Å². The van der Waals surface area contributed by atoms with Gasteiger partial charge in [0.05, 0.1) is 18.4 Å². The average Bonchev–Trinajstić information content (AvgIpc) is 3.28. The van der Waals surface area contributed by atoms with Gasteiger partial charge in [0.25, 0.3) is 11.8 Å². The Labute approximate surface area is 195 Å². The van der Waals surface area contributed by atoms with Crippen LogP contribution in [-0.2, 0) is 4.79 Å². The molecular formula is C26H22FN5O2. The van der Waals surface area contributed by atoms with E-state index in [9.17, 15) is 14.0 Å². The number of amides is 2. The maximum Gasteiger partial charge on any atom is 0.259 e. The number of hydrogen-bond acceptors (Lipinski definition) is 4. The molecule has 4 aromatic rings. The van der Waals surface area contributed by atoms with E-state index < -0.39 is 17.6 Å². The lowest BCUT2D eigenvalue weighted by molar-refractivity contribution is -0.120. The van der Waals surface area contributed by atoms with Gasteiger partial charge in [0.1, 0.15) is 11.5 Å². The number of rotatable bonds is 7. The molecule has 0 bridgehead atoms. The van der Waals surface area contributed by atoms with Crippen molar-refractivity contribution < 1.29 is 14.0 Å². The summed E-state index contributed by atoms with van der Waals surface area (Å²) in [6.07, 6.45) is 3.35. The number of carbonyl (C=O) groups excluding carboxylic acids is 2. The summed E-state index contributed by atoms with van der Waals surface area (Å²) < 4.78 is 14.7. The number of halogens is 1. The lowest BCUT2D eigenvalue weighted by atomic mass is 10.1. The number of aromatic nitrogens is 2. The van der Waals surface area contributed by atoms with Crippen LogP contribution in [-0.4, -0.2) is 34.4 Å². The Morgan fingerprint density at radius 2 is 1.79 bits per heavy atom. The molecule has 0 saturated heterocycles. The van der Waals surface area contributed by atoms with Crippen LogP contribution < -0.4 is 10.7 Å². The first kappa shape index (κ1) is 22.6. The van der Waals surface area contributed by atoms with Gasteiger partial charge in [-0.1, -0.05) is 42.0 Å². The van der Waals surface area contributed by atoms with Crippen LogP contribution in [0.1, 0.15) is 21.5 Å². The number of aryl methyl sites for hydroxylation is 1. The van der Waals surface area contributed by atoms with Crippen LogP contribution in [0, 0.1) is 12.7 Å². The minimum atomic E-state index is -0.501. The number of benzene rings is 3. The van der Waals surface area contributed by atoms with Gasteiger partial charge < -0.3 is 5.32 Å². The molecule has 0 radical (unpaired) electrons. The molecule has 3 aromatic carbocycles. The fourth-order valence-corrected chi connectivity index (χ4v) is 3.29. The molecule has 8 heteroatoms. The van der Waals surface area contributed by atoms with Crippen molar-refractivity contribution in [3.05, 3.63) is 108 Å². The lowest BCUT2D eigenvalue weighted by Crippen LogP contribution is -2.34. The Kier molecular flexibility index (Phi) is 6.88. The van der Waals surface area contributed by atoms with Crippen molar-refractivity contribution in [3.63, 3.8) is 0 Å². The summed E-state index contributed by atoms with van der Waals surface area (Å²) in [7, 11) is 0. The van der Waals surface area contributed by atoms with Gasteiger partial charge >= 0.3 is 0 Å². The Bertz CT molecular complexity index is 1330. The first-order valence-corrected chi connectivity index (χ1v) is 10.6. The third kappa shape index (κ3) is 5.60. The van der Waals surface area contributed by atoms with Crippen molar-refractivity contribution in [2.45, 2.75) is 6.92 Å². The zero-order valence-electron chi connectivity index (χ0n) is 18.4. The molecule has 4 rings (SSSR count). The molecule has 0 aliphatic rings. The van der Waals surface area contributed by atoms with E-state index in [2.05, 4.69) is 15.8 Å². The minimum Gasteiger partial charge on any atom is -0.343 e.